The van der Waals surface area contributed by atoms with Gasteiger partial charge in [0.05, 0.1) is 5.56 Å². The van der Waals surface area contributed by atoms with Crippen molar-refractivity contribution in [3.8, 4) is 0 Å². The summed E-state index contributed by atoms with van der Waals surface area (Å²) in [6.07, 6.45) is 6.76. The van der Waals surface area contributed by atoms with Crippen molar-refractivity contribution >= 4 is 17.5 Å². The number of fused-ring (bicyclic) bond motifs is 5. The molecule has 1 aromatic rings. The molecular formula is C26H30O4. The Morgan fingerprint density at radius 3 is 2.40 bits per heavy atom. The summed E-state index contributed by atoms with van der Waals surface area (Å²) in [6, 6.07) is 8.89. The highest BCUT2D eigenvalue weighted by Gasteiger charge is 2.59. The summed E-state index contributed by atoms with van der Waals surface area (Å²) >= 11 is 0. The van der Waals surface area contributed by atoms with E-state index in [1.807, 2.05) is 6.07 Å². The van der Waals surface area contributed by atoms with Crippen LogP contribution in [0.1, 0.15) is 75.6 Å². The van der Waals surface area contributed by atoms with Gasteiger partial charge < -0.3 is 4.74 Å². The zero-order chi connectivity index (χ0) is 21.1. The van der Waals surface area contributed by atoms with E-state index in [0.717, 1.165) is 50.5 Å². The van der Waals surface area contributed by atoms with E-state index in [-0.39, 0.29) is 16.6 Å². The molecule has 0 radical (unpaired) electrons. The highest BCUT2D eigenvalue weighted by Crippen LogP contribution is 2.65. The lowest BCUT2D eigenvalue weighted by Gasteiger charge is -2.57. The third-order valence-corrected chi connectivity index (χ3v) is 8.98. The lowest BCUT2D eigenvalue weighted by molar-refractivity contribution is -0.133. The van der Waals surface area contributed by atoms with Gasteiger partial charge in [0.15, 0.2) is 11.5 Å². The maximum absolute atomic E-state index is 12.8. The number of rotatable bonds is 2. The number of benzene rings is 1. The standard InChI is InChI=1S/C26H30O4/c1-25-15-13-21(27)23(30-24(29)16-6-4-3-5-7-16)20(25)9-8-17-18-10-11-22(28)26(18,2)14-12-19(17)25/h3-7,17-19H,8-15H2,1-2H3/t17-,18-,19-,25+,26-/m0/s1. The first-order valence-electron chi connectivity index (χ1n) is 11.4. The van der Waals surface area contributed by atoms with Crippen molar-refractivity contribution in [1.29, 1.82) is 0 Å². The smallest absolute Gasteiger partial charge is 0.343 e. The van der Waals surface area contributed by atoms with Crippen molar-refractivity contribution in [2.75, 3.05) is 0 Å². The van der Waals surface area contributed by atoms with Gasteiger partial charge in [-0.3, -0.25) is 9.59 Å². The third kappa shape index (κ3) is 2.75. The van der Waals surface area contributed by atoms with Crippen LogP contribution < -0.4 is 0 Å². The molecule has 0 bridgehead atoms. The second-order valence-electron chi connectivity index (χ2n) is 10.2. The fraction of sp³-hybridized carbons (Fsp3) is 0.577. The number of hydrogen-bond acceptors (Lipinski definition) is 4. The van der Waals surface area contributed by atoms with E-state index in [4.69, 9.17) is 4.74 Å². The van der Waals surface area contributed by atoms with Gasteiger partial charge in [0.1, 0.15) is 5.78 Å². The third-order valence-electron chi connectivity index (χ3n) is 8.98. The van der Waals surface area contributed by atoms with Crippen LogP contribution in [-0.2, 0) is 14.3 Å². The number of hydrogen-bond donors (Lipinski definition) is 0. The summed E-state index contributed by atoms with van der Waals surface area (Å²) < 4.78 is 5.76. The van der Waals surface area contributed by atoms with Crippen molar-refractivity contribution in [1.82, 2.24) is 0 Å². The predicted octanol–water partition coefficient (Wildman–Crippen LogP) is 5.27. The van der Waals surface area contributed by atoms with Crippen molar-refractivity contribution in [3.63, 3.8) is 0 Å². The van der Waals surface area contributed by atoms with Gasteiger partial charge in [0.2, 0.25) is 0 Å². The first-order valence-corrected chi connectivity index (χ1v) is 11.4. The molecule has 0 aromatic heterocycles. The molecule has 3 saturated carbocycles. The van der Waals surface area contributed by atoms with Crippen LogP contribution in [0.15, 0.2) is 41.7 Å². The molecule has 4 aliphatic rings. The summed E-state index contributed by atoms with van der Waals surface area (Å²) in [6.45, 7) is 4.47. The van der Waals surface area contributed by atoms with Crippen molar-refractivity contribution in [2.45, 2.75) is 65.2 Å². The van der Waals surface area contributed by atoms with Gasteiger partial charge in [0.25, 0.3) is 0 Å². The molecule has 0 amide bonds. The SMILES string of the molecule is C[C@]12CCC(=O)C(OC(=O)c3ccccc3)=C1CC[C@@H]1[C@@H]2CC[C@]2(C)C(=O)CC[C@@H]12. The van der Waals surface area contributed by atoms with E-state index >= 15 is 0 Å². The number of ketones is 2. The lowest BCUT2D eigenvalue weighted by atomic mass is 9.47. The maximum atomic E-state index is 12.8. The molecule has 0 unspecified atom stereocenters. The van der Waals surface area contributed by atoms with E-state index in [1.165, 1.54) is 0 Å². The summed E-state index contributed by atoms with van der Waals surface area (Å²) in [4.78, 5) is 38.1. The fourth-order valence-electron chi connectivity index (χ4n) is 7.28. The highest BCUT2D eigenvalue weighted by atomic mass is 16.5. The van der Waals surface area contributed by atoms with Crippen LogP contribution in [0.5, 0.6) is 0 Å². The van der Waals surface area contributed by atoms with Gasteiger partial charge >= 0.3 is 5.97 Å². The number of carbonyl (C=O) groups is 3. The number of Topliss-reactive ketones (excluding diaryl/α,β-unsaturated/α-hetero) is 2. The molecule has 4 aliphatic carbocycles. The summed E-state index contributed by atoms with van der Waals surface area (Å²) in [7, 11) is 0. The second-order valence-corrected chi connectivity index (χ2v) is 10.2. The molecule has 1 aromatic carbocycles. The Morgan fingerprint density at radius 2 is 1.63 bits per heavy atom. The van der Waals surface area contributed by atoms with E-state index < -0.39 is 5.97 Å². The molecule has 0 aliphatic heterocycles. The molecule has 3 fully saturated rings. The van der Waals surface area contributed by atoms with Crippen molar-refractivity contribution < 1.29 is 19.1 Å². The minimum atomic E-state index is -0.449. The monoisotopic (exact) mass is 406 g/mol. The van der Waals surface area contributed by atoms with Crippen molar-refractivity contribution in [3.05, 3.63) is 47.2 Å². The Kier molecular flexibility index (Phi) is 4.53. The number of esters is 1. The topological polar surface area (TPSA) is 60.4 Å². The molecule has 0 heterocycles. The van der Waals surface area contributed by atoms with E-state index in [2.05, 4.69) is 13.8 Å². The Labute approximate surface area is 178 Å². The second kappa shape index (κ2) is 6.90. The van der Waals surface area contributed by atoms with Crippen LogP contribution in [0.2, 0.25) is 0 Å². The van der Waals surface area contributed by atoms with Crippen LogP contribution in [0.3, 0.4) is 0 Å². The average molecular weight is 407 g/mol. The summed E-state index contributed by atoms with van der Waals surface area (Å²) in [5, 5.41) is 0. The van der Waals surface area contributed by atoms with E-state index in [0.29, 0.717) is 41.3 Å². The molecule has 5 atom stereocenters. The fourth-order valence-corrected chi connectivity index (χ4v) is 7.28. The molecule has 0 saturated heterocycles. The van der Waals surface area contributed by atoms with Crippen molar-refractivity contribution in [2.24, 2.45) is 28.6 Å². The van der Waals surface area contributed by atoms with E-state index in [9.17, 15) is 14.4 Å². The molecule has 4 heteroatoms. The molecule has 30 heavy (non-hydrogen) atoms. The number of ether oxygens (including phenoxy) is 1. The van der Waals surface area contributed by atoms with Crippen LogP contribution in [0.4, 0.5) is 0 Å². The Hall–Kier alpha value is -2.23. The molecule has 158 valence electrons. The van der Waals surface area contributed by atoms with E-state index in [1.54, 1.807) is 24.3 Å². The minimum absolute atomic E-state index is 0.0399. The first-order chi connectivity index (χ1) is 14.3. The Bertz CT molecular complexity index is 945. The lowest BCUT2D eigenvalue weighted by Crippen LogP contribution is -2.51. The zero-order valence-corrected chi connectivity index (χ0v) is 17.9. The quantitative estimate of drug-likeness (QED) is 0.628. The van der Waals surface area contributed by atoms with Gasteiger partial charge in [-0.1, -0.05) is 32.0 Å². The van der Waals surface area contributed by atoms with Gasteiger partial charge in [-0.05, 0) is 79.4 Å². The first kappa shape index (κ1) is 19.7. The average Bonchev–Trinajstić information content (AvgIpc) is 3.06. The Morgan fingerprint density at radius 1 is 0.900 bits per heavy atom. The van der Waals surface area contributed by atoms with Gasteiger partial charge in [0, 0.05) is 18.3 Å². The largest absolute Gasteiger partial charge is 0.419 e. The normalized spacial score (nSPS) is 38.0. The van der Waals surface area contributed by atoms with Crippen LogP contribution in [0, 0.1) is 28.6 Å². The van der Waals surface area contributed by atoms with Gasteiger partial charge in [-0.25, -0.2) is 4.79 Å². The summed E-state index contributed by atoms with van der Waals surface area (Å²) in [5.41, 5.74) is 1.26. The Balaban J connectivity index is 1.48. The van der Waals surface area contributed by atoms with Crippen LogP contribution in [0.25, 0.3) is 0 Å². The molecule has 0 N–H and O–H groups in total. The number of allylic oxidation sites excluding steroid dienone is 1. The maximum Gasteiger partial charge on any atom is 0.343 e. The predicted molar refractivity (Wildman–Crippen MR) is 113 cm³/mol. The van der Waals surface area contributed by atoms with Gasteiger partial charge in [-0.15, -0.1) is 0 Å². The summed E-state index contributed by atoms with van der Waals surface area (Å²) in [5.74, 6) is 1.74. The van der Waals surface area contributed by atoms with Gasteiger partial charge in [-0.2, -0.15) is 0 Å². The highest BCUT2D eigenvalue weighted by molar-refractivity contribution is 6.00. The van der Waals surface area contributed by atoms with Crippen LogP contribution >= 0.6 is 0 Å². The number of carbonyl (C=O) groups excluding carboxylic acids is 3. The zero-order valence-electron chi connectivity index (χ0n) is 17.9. The molecular weight excluding hydrogens is 376 g/mol. The molecule has 5 rings (SSSR count). The molecule has 4 nitrogen and oxygen atoms in total. The minimum Gasteiger partial charge on any atom is -0.419 e. The van der Waals surface area contributed by atoms with Crippen LogP contribution in [-0.4, -0.2) is 17.5 Å². The molecule has 0 spiro atoms.